The van der Waals surface area contributed by atoms with Crippen LogP contribution in [0.5, 0.6) is 0 Å². The van der Waals surface area contributed by atoms with Crippen molar-refractivity contribution in [1.82, 2.24) is 4.31 Å². The number of anilines is 1. The van der Waals surface area contributed by atoms with E-state index in [1.54, 1.807) is 18.2 Å². The summed E-state index contributed by atoms with van der Waals surface area (Å²) in [6, 6.07) is 11.6. The van der Waals surface area contributed by atoms with E-state index in [0.717, 1.165) is 22.0 Å². The quantitative estimate of drug-likeness (QED) is 0.912. The molecule has 0 spiro atoms. The highest BCUT2D eigenvalue weighted by molar-refractivity contribution is 7.89. The summed E-state index contributed by atoms with van der Waals surface area (Å²) < 4.78 is 38.4. The number of rotatable bonds is 5. The number of amides is 1. The minimum atomic E-state index is -3.85. The third-order valence-corrected chi connectivity index (χ3v) is 5.01. The molecule has 0 aliphatic carbocycles. The Labute approximate surface area is 134 Å². The maximum atomic E-state index is 12.9. The molecule has 0 heterocycles. The number of hydrogen-bond acceptors (Lipinski definition) is 3. The largest absolute Gasteiger partial charge is 0.325 e. The van der Waals surface area contributed by atoms with Crippen molar-refractivity contribution in [1.29, 1.82) is 0 Å². The summed E-state index contributed by atoms with van der Waals surface area (Å²) >= 11 is 0. The molecule has 2 rings (SSSR count). The summed E-state index contributed by atoms with van der Waals surface area (Å²) in [7, 11) is -2.55. The van der Waals surface area contributed by atoms with Gasteiger partial charge in [-0.3, -0.25) is 4.79 Å². The second-order valence-corrected chi connectivity index (χ2v) is 7.18. The van der Waals surface area contributed by atoms with Crippen LogP contribution in [-0.2, 0) is 14.8 Å². The van der Waals surface area contributed by atoms with Gasteiger partial charge in [-0.15, -0.1) is 0 Å². The Morgan fingerprint density at radius 2 is 1.83 bits per heavy atom. The fraction of sp³-hybridized carbons (Fsp3) is 0.188. The van der Waals surface area contributed by atoms with Crippen LogP contribution in [0.25, 0.3) is 0 Å². The first-order valence-electron chi connectivity index (χ1n) is 6.87. The predicted molar refractivity (Wildman–Crippen MR) is 86.0 cm³/mol. The summed E-state index contributed by atoms with van der Waals surface area (Å²) in [5.74, 6) is -0.979. The van der Waals surface area contributed by atoms with Crippen molar-refractivity contribution in [3.63, 3.8) is 0 Å². The van der Waals surface area contributed by atoms with E-state index in [0.29, 0.717) is 5.69 Å². The maximum absolute atomic E-state index is 12.9. The lowest BCUT2D eigenvalue weighted by atomic mass is 10.2. The molecule has 7 heteroatoms. The molecular formula is C16H17FN2O3S. The molecule has 1 amide bonds. The highest BCUT2D eigenvalue weighted by Gasteiger charge is 2.22. The average molecular weight is 336 g/mol. The highest BCUT2D eigenvalue weighted by atomic mass is 32.2. The Balaban J connectivity index is 2.06. The first-order chi connectivity index (χ1) is 10.8. The first kappa shape index (κ1) is 17.1. The van der Waals surface area contributed by atoms with Gasteiger partial charge in [-0.1, -0.05) is 12.1 Å². The summed E-state index contributed by atoms with van der Waals surface area (Å²) in [6.45, 7) is 1.55. The van der Waals surface area contributed by atoms with Crippen molar-refractivity contribution >= 4 is 21.6 Å². The van der Waals surface area contributed by atoms with Crippen molar-refractivity contribution in [2.24, 2.45) is 0 Å². The van der Waals surface area contributed by atoms with Gasteiger partial charge in [0.25, 0.3) is 0 Å². The van der Waals surface area contributed by atoms with Crippen LogP contribution in [0, 0.1) is 12.7 Å². The van der Waals surface area contributed by atoms with Gasteiger partial charge in [0.05, 0.1) is 11.4 Å². The molecule has 0 bridgehead atoms. The number of nitrogens with one attached hydrogen (secondary N) is 1. The Hall–Kier alpha value is -2.25. The molecule has 5 nitrogen and oxygen atoms in total. The second-order valence-electron chi connectivity index (χ2n) is 5.13. The lowest BCUT2D eigenvalue weighted by Crippen LogP contribution is -2.34. The molecule has 0 aliphatic heterocycles. The number of sulfonamides is 1. The van der Waals surface area contributed by atoms with Gasteiger partial charge in [-0.05, 0) is 48.9 Å². The molecule has 0 unspecified atom stereocenters. The fourth-order valence-electron chi connectivity index (χ4n) is 2.00. The van der Waals surface area contributed by atoms with Crippen LogP contribution >= 0.6 is 0 Å². The molecule has 2 aromatic carbocycles. The second kappa shape index (κ2) is 6.89. The SMILES string of the molecule is Cc1cccc(NC(=O)CN(C)S(=O)(=O)c2ccc(F)cc2)c1. The predicted octanol–water partition coefficient (Wildman–Crippen LogP) is 2.39. The number of carbonyl (C=O) groups excluding carboxylic acids is 1. The Bertz CT molecular complexity index is 804. The van der Waals surface area contributed by atoms with E-state index in [-0.39, 0.29) is 11.4 Å². The molecule has 0 atom stereocenters. The lowest BCUT2D eigenvalue weighted by molar-refractivity contribution is -0.116. The van der Waals surface area contributed by atoms with E-state index in [1.165, 1.54) is 19.2 Å². The topological polar surface area (TPSA) is 66.5 Å². The summed E-state index contributed by atoms with van der Waals surface area (Å²) in [5.41, 5.74) is 1.58. The van der Waals surface area contributed by atoms with E-state index >= 15 is 0 Å². The van der Waals surface area contributed by atoms with Crippen LogP contribution in [0.2, 0.25) is 0 Å². The number of aryl methyl sites for hydroxylation is 1. The van der Waals surface area contributed by atoms with Crippen LogP contribution in [0.3, 0.4) is 0 Å². The first-order valence-corrected chi connectivity index (χ1v) is 8.31. The Morgan fingerprint density at radius 3 is 2.43 bits per heavy atom. The van der Waals surface area contributed by atoms with E-state index in [2.05, 4.69) is 5.32 Å². The van der Waals surface area contributed by atoms with E-state index < -0.39 is 21.7 Å². The average Bonchev–Trinajstić information content (AvgIpc) is 2.47. The standard InChI is InChI=1S/C16H17FN2O3S/c1-12-4-3-5-14(10-12)18-16(20)11-19(2)23(21,22)15-8-6-13(17)7-9-15/h3-10H,11H2,1-2H3,(H,18,20). The van der Waals surface area contributed by atoms with Crippen LogP contribution in [0.1, 0.15) is 5.56 Å². The number of carbonyl (C=O) groups is 1. The van der Waals surface area contributed by atoms with Crippen LogP contribution in [0.15, 0.2) is 53.4 Å². The van der Waals surface area contributed by atoms with Gasteiger partial charge in [0.2, 0.25) is 15.9 Å². The van der Waals surface area contributed by atoms with E-state index in [4.69, 9.17) is 0 Å². The van der Waals surface area contributed by atoms with Crippen molar-refractivity contribution < 1.29 is 17.6 Å². The van der Waals surface area contributed by atoms with Gasteiger partial charge in [0, 0.05) is 12.7 Å². The molecule has 1 N–H and O–H groups in total. The molecule has 0 saturated heterocycles. The number of halogens is 1. The normalized spacial score (nSPS) is 11.5. The minimum absolute atomic E-state index is 0.0650. The van der Waals surface area contributed by atoms with Gasteiger partial charge < -0.3 is 5.32 Å². The van der Waals surface area contributed by atoms with E-state index in [1.807, 2.05) is 13.0 Å². The maximum Gasteiger partial charge on any atom is 0.243 e. The van der Waals surface area contributed by atoms with Gasteiger partial charge in [0.1, 0.15) is 5.82 Å². The number of hydrogen-bond donors (Lipinski definition) is 1. The van der Waals surface area contributed by atoms with Crippen molar-refractivity contribution in [3.8, 4) is 0 Å². The Morgan fingerprint density at radius 1 is 1.17 bits per heavy atom. The Kier molecular flexibility index (Phi) is 5.12. The van der Waals surface area contributed by atoms with Crippen molar-refractivity contribution in [2.45, 2.75) is 11.8 Å². The number of nitrogens with zero attached hydrogens (tertiary/aromatic N) is 1. The van der Waals surface area contributed by atoms with Crippen LogP contribution in [0.4, 0.5) is 10.1 Å². The molecule has 23 heavy (non-hydrogen) atoms. The molecule has 122 valence electrons. The van der Waals surface area contributed by atoms with E-state index in [9.17, 15) is 17.6 Å². The molecule has 0 aromatic heterocycles. The van der Waals surface area contributed by atoms with Gasteiger partial charge in [-0.2, -0.15) is 4.31 Å². The fourth-order valence-corrected chi connectivity index (χ4v) is 3.12. The van der Waals surface area contributed by atoms with Crippen molar-refractivity contribution in [2.75, 3.05) is 18.9 Å². The number of benzene rings is 2. The third kappa shape index (κ3) is 4.37. The summed E-state index contributed by atoms with van der Waals surface area (Å²) in [4.78, 5) is 11.9. The van der Waals surface area contributed by atoms with Crippen LogP contribution < -0.4 is 5.32 Å². The smallest absolute Gasteiger partial charge is 0.243 e. The lowest BCUT2D eigenvalue weighted by Gasteiger charge is -2.17. The molecule has 0 aliphatic rings. The van der Waals surface area contributed by atoms with Gasteiger partial charge in [-0.25, -0.2) is 12.8 Å². The molecule has 0 radical (unpaired) electrons. The molecule has 0 saturated carbocycles. The summed E-state index contributed by atoms with van der Waals surface area (Å²) in [6.07, 6.45) is 0. The molecule has 2 aromatic rings. The number of likely N-dealkylation sites (N-methyl/N-ethyl adjacent to an activating group) is 1. The molecular weight excluding hydrogens is 319 g/mol. The van der Waals surface area contributed by atoms with Gasteiger partial charge >= 0.3 is 0 Å². The van der Waals surface area contributed by atoms with Crippen LogP contribution in [-0.4, -0.2) is 32.2 Å². The zero-order valence-electron chi connectivity index (χ0n) is 12.8. The summed E-state index contributed by atoms with van der Waals surface area (Å²) in [5, 5.41) is 2.64. The van der Waals surface area contributed by atoms with Crippen molar-refractivity contribution in [3.05, 3.63) is 59.9 Å². The monoisotopic (exact) mass is 336 g/mol. The third-order valence-electron chi connectivity index (χ3n) is 3.19. The minimum Gasteiger partial charge on any atom is -0.325 e. The zero-order chi connectivity index (χ0) is 17.0. The van der Waals surface area contributed by atoms with Gasteiger partial charge in [0.15, 0.2) is 0 Å². The zero-order valence-corrected chi connectivity index (χ0v) is 13.6. The molecule has 0 fully saturated rings. The highest BCUT2D eigenvalue weighted by Crippen LogP contribution is 2.15.